The van der Waals surface area contributed by atoms with E-state index in [9.17, 15) is 0 Å². The van der Waals surface area contributed by atoms with Crippen molar-refractivity contribution in [1.82, 2.24) is 0 Å². The second-order valence-corrected chi connectivity index (χ2v) is 6.11. The first-order valence-corrected chi connectivity index (χ1v) is 7.76. The standard InChI is InChI=1S/C21H19N/c1-15-8-10-20-17(12-15)14-18-13-16(2)9-11-21(18)22(20)19-6-4-3-5-7-19/h3-13H,14H2,1-2H3. The first-order chi connectivity index (χ1) is 10.7. The molecule has 0 N–H and O–H groups in total. The molecule has 1 aliphatic rings. The summed E-state index contributed by atoms with van der Waals surface area (Å²) in [7, 11) is 0. The number of para-hydroxylation sites is 1. The van der Waals surface area contributed by atoms with Crippen molar-refractivity contribution in [1.29, 1.82) is 0 Å². The second-order valence-electron chi connectivity index (χ2n) is 6.11. The molecule has 0 unspecified atom stereocenters. The van der Waals surface area contributed by atoms with Gasteiger partial charge in [0.25, 0.3) is 0 Å². The predicted molar refractivity (Wildman–Crippen MR) is 93.4 cm³/mol. The summed E-state index contributed by atoms with van der Waals surface area (Å²) < 4.78 is 0. The monoisotopic (exact) mass is 285 g/mol. The van der Waals surface area contributed by atoms with Crippen LogP contribution in [0, 0.1) is 13.8 Å². The van der Waals surface area contributed by atoms with E-state index >= 15 is 0 Å². The summed E-state index contributed by atoms with van der Waals surface area (Å²) >= 11 is 0. The normalized spacial score (nSPS) is 12.7. The van der Waals surface area contributed by atoms with Crippen LogP contribution in [0.25, 0.3) is 0 Å². The number of nitrogens with zero attached hydrogens (tertiary/aromatic N) is 1. The molecule has 108 valence electrons. The predicted octanol–water partition coefficient (Wildman–Crippen LogP) is 5.68. The van der Waals surface area contributed by atoms with E-state index in [0.717, 1.165) is 6.42 Å². The molecule has 3 aromatic carbocycles. The van der Waals surface area contributed by atoms with E-state index in [1.807, 2.05) is 0 Å². The lowest BCUT2D eigenvalue weighted by atomic mass is 9.93. The molecule has 1 nitrogen and oxygen atoms in total. The van der Waals surface area contributed by atoms with Gasteiger partial charge in [-0.25, -0.2) is 0 Å². The number of fused-ring (bicyclic) bond motifs is 2. The Balaban J connectivity index is 1.97. The number of anilines is 3. The third kappa shape index (κ3) is 2.10. The van der Waals surface area contributed by atoms with Crippen LogP contribution in [0.2, 0.25) is 0 Å². The lowest BCUT2D eigenvalue weighted by Crippen LogP contribution is -2.18. The van der Waals surface area contributed by atoms with Gasteiger partial charge >= 0.3 is 0 Å². The van der Waals surface area contributed by atoms with E-state index in [1.54, 1.807) is 0 Å². The Hall–Kier alpha value is -2.54. The molecule has 0 saturated heterocycles. The minimum absolute atomic E-state index is 1.01. The summed E-state index contributed by atoms with van der Waals surface area (Å²) in [5, 5.41) is 0. The Morgan fingerprint density at radius 2 is 1.23 bits per heavy atom. The smallest absolute Gasteiger partial charge is 0.0497 e. The molecule has 0 fully saturated rings. The quantitative estimate of drug-likeness (QED) is 0.435. The Morgan fingerprint density at radius 3 is 1.77 bits per heavy atom. The zero-order valence-corrected chi connectivity index (χ0v) is 13.0. The highest BCUT2D eigenvalue weighted by atomic mass is 15.2. The lowest BCUT2D eigenvalue weighted by molar-refractivity contribution is 1.08. The molecule has 1 heterocycles. The van der Waals surface area contributed by atoms with Gasteiger partial charge in [0, 0.05) is 23.5 Å². The first kappa shape index (κ1) is 13.1. The van der Waals surface area contributed by atoms with Crippen molar-refractivity contribution in [3.05, 3.63) is 89.0 Å². The third-order valence-corrected chi connectivity index (χ3v) is 4.35. The van der Waals surface area contributed by atoms with Crippen molar-refractivity contribution in [3.8, 4) is 0 Å². The number of hydrogen-bond donors (Lipinski definition) is 0. The zero-order valence-electron chi connectivity index (χ0n) is 13.0. The van der Waals surface area contributed by atoms with E-state index in [2.05, 4.69) is 85.5 Å². The summed E-state index contributed by atoms with van der Waals surface area (Å²) in [5.41, 5.74) is 9.27. The van der Waals surface area contributed by atoms with Crippen LogP contribution in [-0.2, 0) is 6.42 Å². The minimum atomic E-state index is 1.01. The van der Waals surface area contributed by atoms with E-state index in [1.165, 1.54) is 39.3 Å². The molecule has 0 aliphatic carbocycles. The summed E-state index contributed by atoms with van der Waals surface area (Å²) in [5.74, 6) is 0. The van der Waals surface area contributed by atoms with Crippen molar-refractivity contribution >= 4 is 17.1 Å². The van der Waals surface area contributed by atoms with Gasteiger partial charge in [0.2, 0.25) is 0 Å². The molecule has 3 aromatic rings. The SMILES string of the molecule is Cc1ccc2c(c1)Cc1cc(C)ccc1N2c1ccccc1. The van der Waals surface area contributed by atoms with Crippen LogP contribution in [0.4, 0.5) is 17.1 Å². The van der Waals surface area contributed by atoms with Crippen molar-refractivity contribution in [2.75, 3.05) is 4.90 Å². The van der Waals surface area contributed by atoms with Crippen LogP contribution in [0.3, 0.4) is 0 Å². The fourth-order valence-corrected chi connectivity index (χ4v) is 3.34. The Morgan fingerprint density at radius 1 is 0.682 bits per heavy atom. The molecule has 1 heteroatoms. The molecule has 0 radical (unpaired) electrons. The summed E-state index contributed by atoms with van der Waals surface area (Å²) in [6.45, 7) is 4.33. The van der Waals surface area contributed by atoms with E-state index < -0.39 is 0 Å². The average Bonchev–Trinajstić information content (AvgIpc) is 2.53. The highest BCUT2D eigenvalue weighted by molar-refractivity contribution is 5.83. The third-order valence-electron chi connectivity index (χ3n) is 4.35. The van der Waals surface area contributed by atoms with Crippen LogP contribution in [0.5, 0.6) is 0 Å². The number of benzene rings is 3. The fourth-order valence-electron chi connectivity index (χ4n) is 3.34. The highest BCUT2D eigenvalue weighted by Crippen LogP contribution is 2.44. The summed E-state index contributed by atoms with van der Waals surface area (Å²) in [4.78, 5) is 2.38. The van der Waals surface area contributed by atoms with Crippen molar-refractivity contribution in [2.24, 2.45) is 0 Å². The van der Waals surface area contributed by atoms with Gasteiger partial charge in [0.1, 0.15) is 0 Å². The summed E-state index contributed by atoms with van der Waals surface area (Å²) in [6.07, 6.45) is 1.01. The molecular formula is C21H19N. The number of aryl methyl sites for hydroxylation is 2. The van der Waals surface area contributed by atoms with E-state index in [-0.39, 0.29) is 0 Å². The second kappa shape index (κ2) is 5.03. The van der Waals surface area contributed by atoms with Gasteiger partial charge in [-0.3, -0.25) is 0 Å². The van der Waals surface area contributed by atoms with Crippen molar-refractivity contribution < 1.29 is 0 Å². The average molecular weight is 285 g/mol. The van der Waals surface area contributed by atoms with Gasteiger partial charge < -0.3 is 4.90 Å². The van der Waals surface area contributed by atoms with Crippen LogP contribution in [-0.4, -0.2) is 0 Å². The number of rotatable bonds is 1. The molecule has 22 heavy (non-hydrogen) atoms. The lowest BCUT2D eigenvalue weighted by Gasteiger charge is -2.34. The molecule has 0 bridgehead atoms. The minimum Gasteiger partial charge on any atom is -0.310 e. The Bertz CT molecular complexity index is 782. The zero-order chi connectivity index (χ0) is 15.1. The van der Waals surface area contributed by atoms with Crippen LogP contribution in [0.15, 0.2) is 66.7 Å². The van der Waals surface area contributed by atoms with Gasteiger partial charge in [-0.15, -0.1) is 0 Å². The summed E-state index contributed by atoms with van der Waals surface area (Å²) in [6, 6.07) is 24.2. The molecule has 0 amide bonds. The molecule has 0 atom stereocenters. The van der Waals surface area contributed by atoms with Gasteiger partial charge in [0.15, 0.2) is 0 Å². The van der Waals surface area contributed by atoms with Gasteiger partial charge in [-0.05, 0) is 49.2 Å². The molecular weight excluding hydrogens is 266 g/mol. The van der Waals surface area contributed by atoms with E-state index in [4.69, 9.17) is 0 Å². The van der Waals surface area contributed by atoms with Crippen molar-refractivity contribution in [3.63, 3.8) is 0 Å². The largest absolute Gasteiger partial charge is 0.310 e. The highest BCUT2D eigenvalue weighted by Gasteiger charge is 2.23. The van der Waals surface area contributed by atoms with Gasteiger partial charge in [-0.2, -0.15) is 0 Å². The Kier molecular flexibility index (Phi) is 3.00. The maximum atomic E-state index is 2.38. The maximum Gasteiger partial charge on any atom is 0.0497 e. The maximum absolute atomic E-state index is 2.38. The van der Waals surface area contributed by atoms with Crippen LogP contribution in [0.1, 0.15) is 22.3 Å². The molecule has 0 aromatic heterocycles. The number of hydrogen-bond acceptors (Lipinski definition) is 1. The molecule has 0 saturated carbocycles. The molecule has 0 spiro atoms. The van der Waals surface area contributed by atoms with E-state index in [0.29, 0.717) is 0 Å². The molecule has 4 rings (SSSR count). The van der Waals surface area contributed by atoms with Crippen molar-refractivity contribution in [2.45, 2.75) is 20.3 Å². The van der Waals surface area contributed by atoms with Crippen LogP contribution < -0.4 is 4.90 Å². The first-order valence-electron chi connectivity index (χ1n) is 7.76. The Labute approximate surface area is 131 Å². The van der Waals surface area contributed by atoms with Crippen LogP contribution >= 0.6 is 0 Å². The fraction of sp³-hybridized carbons (Fsp3) is 0.143. The van der Waals surface area contributed by atoms with Gasteiger partial charge in [-0.1, -0.05) is 53.6 Å². The molecule has 1 aliphatic heterocycles. The van der Waals surface area contributed by atoms with Gasteiger partial charge in [0.05, 0.1) is 0 Å². The topological polar surface area (TPSA) is 3.24 Å².